The van der Waals surface area contributed by atoms with Gasteiger partial charge in [-0.15, -0.1) is 11.8 Å². The molecule has 0 saturated carbocycles. The third-order valence-corrected chi connectivity index (χ3v) is 2.44. The summed E-state index contributed by atoms with van der Waals surface area (Å²) < 4.78 is 0. The van der Waals surface area contributed by atoms with Crippen molar-refractivity contribution in [2.24, 2.45) is 0 Å². The molecule has 0 aliphatic carbocycles. The van der Waals surface area contributed by atoms with Gasteiger partial charge in [-0.1, -0.05) is 0 Å². The van der Waals surface area contributed by atoms with E-state index < -0.39 is 5.97 Å². The van der Waals surface area contributed by atoms with Crippen LogP contribution in [0.3, 0.4) is 0 Å². The molecule has 0 unspecified atom stereocenters. The summed E-state index contributed by atoms with van der Waals surface area (Å²) in [6, 6.07) is 3.76. The van der Waals surface area contributed by atoms with Gasteiger partial charge in [0, 0.05) is 18.1 Å². The van der Waals surface area contributed by atoms with Crippen LogP contribution in [0.15, 0.2) is 23.2 Å². The number of anilines is 1. The number of aromatic nitrogens is 1. The highest BCUT2D eigenvalue weighted by molar-refractivity contribution is 7.98. The maximum Gasteiger partial charge on any atom is 0.323 e. The molecule has 4 nitrogen and oxygen atoms in total. The van der Waals surface area contributed by atoms with E-state index >= 15 is 0 Å². The lowest BCUT2D eigenvalue weighted by Crippen LogP contribution is -2.25. The second kappa shape index (κ2) is 4.85. The van der Waals surface area contributed by atoms with Gasteiger partial charge in [-0.3, -0.25) is 4.79 Å². The van der Waals surface area contributed by atoms with E-state index in [1.54, 1.807) is 29.9 Å². The van der Waals surface area contributed by atoms with Crippen LogP contribution in [0.1, 0.15) is 0 Å². The van der Waals surface area contributed by atoms with Crippen LogP contribution in [-0.2, 0) is 4.79 Å². The summed E-state index contributed by atoms with van der Waals surface area (Å²) in [4.78, 5) is 17.2. The van der Waals surface area contributed by atoms with Crippen LogP contribution in [0.5, 0.6) is 0 Å². The van der Waals surface area contributed by atoms with Crippen molar-refractivity contribution >= 4 is 23.5 Å². The van der Waals surface area contributed by atoms with Gasteiger partial charge >= 0.3 is 5.97 Å². The molecular weight excluding hydrogens is 200 g/mol. The van der Waals surface area contributed by atoms with Crippen LogP contribution < -0.4 is 4.90 Å². The number of pyridine rings is 1. The number of nitrogens with zero attached hydrogens (tertiary/aromatic N) is 2. The fourth-order valence-corrected chi connectivity index (χ4v) is 1.44. The monoisotopic (exact) mass is 212 g/mol. The van der Waals surface area contributed by atoms with Crippen molar-refractivity contribution in [3.8, 4) is 0 Å². The molecule has 0 aliphatic heterocycles. The van der Waals surface area contributed by atoms with Crippen LogP contribution in [0.4, 0.5) is 5.82 Å². The number of carboxylic acid groups (broad SMARTS) is 1. The minimum Gasteiger partial charge on any atom is -0.480 e. The van der Waals surface area contributed by atoms with Crippen molar-refractivity contribution in [2.75, 3.05) is 24.7 Å². The van der Waals surface area contributed by atoms with Crippen molar-refractivity contribution in [2.45, 2.75) is 4.90 Å². The lowest BCUT2D eigenvalue weighted by molar-refractivity contribution is -0.135. The minimum atomic E-state index is -0.858. The fraction of sp³-hybridized carbons (Fsp3) is 0.333. The number of rotatable bonds is 4. The van der Waals surface area contributed by atoms with Crippen molar-refractivity contribution in [3.63, 3.8) is 0 Å². The number of carbonyl (C=O) groups is 1. The predicted octanol–water partition coefficient (Wildman–Crippen LogP) is 1.32. The van der Waals surface area contributed by atoms with Gasteiger partial charge in [0.2, 0.25) is 0 Å². The van der Waals surface area contributed by atoms with E-state index in [2.05, 4.69) is 4.98 Å². The first-order valence-electron chi connectivity index (χ1n) is 4.06. The third kappa shape index (κ3) is 2.92. The Kier molecular flexibility index (Phi) is 3.76. The van der Waals surface area contributed by atoms with Gasteiger partial charge in [-0.05, 0) is 18.4 Å². The number of aliphatic carboxylic acids is 1. The van der Waals surface area contributed by atoms with Gasteiger partial charge in [0.1, 0.15) is 12.4 Å². The molecule has 0 radical (unpaired) electrons. The first-order chi connectivity index (χ1) is 6.63. The highest BCUT2D eigenvalue weighted by Crippen LogP contribution is 2.18. The maximum absolute atomic E-state index is 10.5. The average Bonchev–Trinajstić information content (AvgIpc) is 2.17. The molecule has 14 heavy (non-hydrogen) atoms. The predicted molar refractivity (Wildman–Crippen MR) is 56.9 cm³/mol. The first kappa shape index (κ1) is 10.8. The second-order valence-corrected chi connectivity index (χ2v) is 3.68. The molecule has 0 aromatic carbocycles. The van der Waals surface area contributed by atoms with Crippen LogP contribution in [0, 0.1) is 0 Å². The van der Waals surface area contributed by atoms with Gasteiger partial charge in [0.25, 0.3) is 0 Å². The number of likely N-dealkylation sites (N-methyl/N-ethyl adjacent to an activating group) is 1. The molecular formula is C9H12N2O2S. The first-order valence-corrected chi connectivity index (χ1v) is 5.29. The Balaban J connectivity index is 2.78. The van der Waals surface area contributed by atoms with Gasteiger partial charge in [-0.2, -0.15) is 0 Å². The summed E-state index contributed by atoms with van der Waals surface area (Å²) in [5, 5.41) is 8.60. The molecule has 0 atom stereocenters. The lowest BCUT2D eigenvalue weighted by atomic mass is 10.4. The molecule has 0 bridgehead atoms. The summed E-state index contributed by atoms with van der Waals surface area (Å²) in [6.07, 6.45) is 3.65. The molecule has 1 rings (SSSR count). The van der Waals surface area contributed by atoms with E-state index in [9.17, 15) is 4.79 Å². The van der Waals surface area contributed by atoms with E-state index in [0.717, 1.165) is 4.90 Å². The van der Waals surface area contributed by atoms with E-state index in [1.807, 2.05) is 18.4 Å². The largest absolute Gasteiger partial charge is 0.480 e. The van der Waals surface area contributed by atoms with Crippen LogP contribution in [0.25, 0.3) is 0 Å². The molecule has 0 spiro atoms. The summed E-state index contributed by atoms with van der Waals surface area (Å²) >= 11 is 1.61. The Labute approximate surface area is 86.9 Å². The Bertz CT molecular complexity index is 330. The SMILES string of the molecule is CSc1ccnc(N(C)CC(=O)O)c1. The number of carboxylic acids is 1. The van der Waals surface area contributed by atoms with Crippen LogP contribution >= 0.6 is 11.8 Å². The average molecular weight is 212 g/mol. The van der Waals surface area contributed by atoms with E-state index in [4.69, 9.17) is 5.11 Å². The van der Waals surface area contributed by atoms with Crippen molar-refractivity contribution in [3.05, 3.63) is 18.3 Å². The topological polar surface area (TPSA) is 53.4 Å². The van der Waals surface area contributed by atoms with Gasteiger partial charge < -0.3 is 10.0 Å². The van der Waals surface area contributed by atoms with Crippen molar-refractivity contribution in [1.29, 1.82) is 0 Å². The fourth-order valence-electron chi connectivity index (χ4n) is 1.02. The van der Waals surface area contributed by atoms with Crippen molar-refractivity contribution < 1.29 is 9.90 Å². The minimum absolute atomic E-state index is 0.0369. The summed E-state index contributed by atoms with van der Waals surface area (Å²) in [5.41, 5.74) is 0. The zero-order valence-electron chi connectivity index (χ0n) is 8.10. The smallest absolute Gasteiger partial charge is 0.323 e. The Morgan fingerprint density at radius 1 is 1.71 bits per heavy atom. The zero-order valence-corrected chi connectivity index (χ0v) is 8.91. The Morgan fingerprint density at radius 2 is 2.43 bits per heavy atom. The van der Waals surface area contributed by atoms with Gasteiger partial charge in [0.05, 0.1) is 0 Å². The highest BCUT2D eigenvalue weighted by Gasteiger charge is 2.06. The van der Waals surface area contributed by atoms with E-state index in [1.165, 1.54) is 0 Å². The summed E-state index contributed by atoms with van der Waals surface area (Å²) in [5.74, 6) is -0.178. The number of hydrogen-bond acceptors (Lipinski definition) is 4. The van der Waals surface area contributed by atoms with Crippen LogP contribution in [-0.4, -0.2) is 35.9 Å². The Morgan fingerprint density at radius 3 is 3.00 bits per heavy atom. The quantitative estimate of drug-likeness (QED) is 0.763. The second-order valence-electron chi connectivity index (χ2n) is 2.80. The molecule has 1 aromatic rings. The molecule has 1 N–H and O–H groups in total. The van der Waals surface area contributed by atoms with E-state index in [0.29, 0.717) is 5.82 Å². The lowest BCUT2D eigenvalue weighted by Gasteiger charge is -2.15. The van der Waals surface area contributed by atoms with Gasteiger partial charge in [0.15, 0.2) is 0 Å². The molecule has 1 aromatic heterocycles. The zero-order chi connectivity index (χ0) is 10.6. The Hall–Kier alpha value is -1.23. The maximum atomic E-state index is 10.5. The normalized spacial score (nSPS) is 9.86. The molecule has 0 aliphatic rings. The standard InChI is InChI=1S/C9H12N2O2S/c1-11(6-9(12)13)8-5-7(14-2)3-4-10-8/h3-5H,6H2,1-2H3,(H,12,13). The number of thioether (sulfide) groups is 1. The summed E-state index contributed by atoms with van der Waals surface area (Å²) in [6.45, 7) is -0.0369. The van der Waals surface area contributed by atoms with E-state index in [-0.39, 0.29) is 6.54 Å². The molecule has 0 amide bonds. The third-order valence-electron chi connectivity index (χ3n) is 1.72. The van der Waals surface area contributed by atoms with Crippen LogP contribution in [0.2, 0.25) is 0 Å². The molecule has 0 saturated heterocycles. The van der Waals surface area contributed by atoms with Gasteiger partial charge in [-0.25, -0.2) is 4.98 Å². The molecule has 76 valence electrons. The number of hydrogen-bond donors (Lipinski definition) is 1. The highest BCUT2D eigenvalue weighted by atomic mass is 32.2. The molecule has 0 fully saturated rings. The van der Waals surface area contributed by atoms with Crippen molar-refractivity contribution in [1.82, 2.24) is 4.98 Å². The molecule has 1 heterocycles. The molecule has 5 heteroatoms. The summed E-state index contributed by atoms with van der Waals surface area (Å²) in [7, 11) is 1.71.